The van der Waals surface area contributed by atoms with Gasteiger partial charge in [-0.05, 0) is 32.4 Å². The number of carbonyl (C=O) groups is 2. The van der Waals surface area contributed by atoms with Crippen molar-refractivity contribution in [2.45, 2.75) is 33.3 Å². The predicted molar refractivity (Wildman–Crippen MR) is 80.0 cm³/mol. The van der Waals surface area contributed by atoms with Crippen molar-refractivity contribution in [3.8, 4) is 0 Å². The van der Waals surface area contributed by atoms with Crippen molar-refractivity contribution in [2.75, 3.05) is 19.7 Å². The summed E-state index contributed by atoms with van der Waals surface area (Å²) in [6.45, 7) is 5.95. The summed E-state index contributed by atoms with van der Waals surface area (Å²) in [6.07, 6.45) is -0.529. The van der Waals surface area contributed by atoms with E-state index in [-0.39, 0.29) is 31.4 Å². The van der Waals surface area contributed by atoms with Gasteiger partial charge >= 0.3 is 5.97 Å². The van der Waals surface area contributed by atoms with Crippen LogP contribution < -0.4 is 0 Å². The molecule has 1 aromatic rings. The molecule has 5 nitrogen and oxygen atoms in total. The van der Waals surface area contributed by atoms with Crippen LogP contribution in [0.15, 0.2) is 24.3 Å². The topological polar surface area (TPSA) is 66.8 Å². The van der Waals surface area contributed by atoms with Crippen molar-refractivity contribution >= 4 is 11.9 Å². The Bertz CT molecular complexity index is 485. The number of esters is 1. The summed E-state index contributed by atoms with van der Waals surface area (Å²) in [5, 5.41) is 9.55. The maximum absolute atomic E-state index is 12.5. The highest BCUT2D eigenvalue weighted by molar-refractivity contribution is 5.95. The standard InChI is InChI=1S/C16H23NO4/c1-4-21-15(19)9-10-17(11-13(3)18)16(20)14-8-6-5-7-12(14)2/h5-8,13,18H,4,9-11H2,1-3H3. The first-order chi connectivity index (χ1) is 9.95. The number of aliphatic hydroxyl groups is 1. The molecule has 0 saturated heterocycles. The Morgan fingerprint density at radius 1 is 1.33 bits per heavy atom. The lowest BCUT2D eigenvalue weighted by Crippen LogP contribution is -2.38. The van der Waals surface area contributed by atoms with Gasteiger partial charge in [-0.25, -0.2) is 0 Å². The van der Waals surface area contributed by atoms with Crippen LogP contribution in [0.3, 0.4) is 0 Å². The Morgan fingerprint density at radius 2 is 2.00 bits per heavy atom. The Balaban J connectivity index is 2.79. The molecule has 0 aliphatic heterocycles. The maximum Gasteiger partial charge on any atom is 0.307 e. The minimum Gasteiger partial charge on any atom is -0.466 e. The van der Waals surface area contributed by atoms with E-state index >= 15 is 0 Å². The first kappa shape index (κ1) is 17.2. The summed E-state index contributed by atoms with van der Waals surface area (Å²) in [7, 11) is 0. The lowest BCUT2D eigenvalue weighted by atomic mass is 10.1. The largest absolute Gasteiger partial charge is 0.466 e. The molecular formula is C16H23NO4. The van der Waals surface area contributed by atoms with Gasteiger partial charge < -0.3 is 14.7 Å². The maximum atomic E-state index is 12.5. The smallest absolute Gasteiger partial charge is 0.307 e. The van der Waals surface area contributed by atoms with E-state index in [1.807, 2.05) is 19.1 Å². The van der Waals surface area contributed by atoms with Crippen LogP contribution >= 0.6 is 0 Å². The molecule has 5 heteroatoms. The molecule has 0 aromatic heterocycles. The third-order valence-corrected chi connectivity index (χ3v) is 3.04. The number of ether oxygens (including phenoxy) is 1. The van der Waals surface area contributed by atoms with Crippen LogP contribution in [0.25, 0.3) is 0 Å². The zero-order chi connectivity index (χ0) is 15.8. The third-order valence-electron chi connectivity index (χ3n) is 3.04. The number of nitrogens with zero attached hydrogens (tertiary/aromatic N) is 1. The van der Waals surface area contributed by atoms with Crippen LogP contribution in [0.2, 0.25) is 0 Å². The van der Waals surface area contributed by atoms with Crippen molar-refractivity contribution in [3.63, 3.8) is 0 Å². The minimum atomic E-state index is -0.653. The second-order valence-corrected chi connectivity index (χ2v) is 4.97. The molecule has 0 aliphatic rings. The average Bonchev–Trinajstić information content (AvgIpc) is 2.43. The van der Waals surface area contributed by atoms with Crippen LogP contribution in [0, 0.1) is 6.92 Å². The van der Waals surface area contributed by atoms with Crippen molar-refractivity contribution in [1.29, 1.82) is 0 Å². The molecule has 1 atom stereocenters. The Labute approximate surface area is 125 Å². The molecule has 0 heterocycles. The zero-order valence-electron chi connectivity index (χ0n) is 12.8. The summed E-state index contributed by atoms with van der Waals surface area (Å²) in [5.74, 6) is -0.524. The van der Waals surface area contributed by atoms with Crippen LogP contribution in [0.5, 0.6) is 0 Å². The SMILES string of the molecule is CCOC(=O)CCN(CC(C)O)C(=O)c1ccccc1C. The summed E-state index contributed by atoms with van der Waals surface area (Å²) >= 11 is 0. The van der Waals surface area contributed by atoms with Gasteiger partial charge in [0.15, 0.2) is 0 Å². The van der Waals surface area contributed by atoms with Crippen molar-refractivity contribution < 1.29 is 19.4 Å². The lowest BCUT2D eigenvalue weighted by Gasteiger charge is -2.24. The molecule has 21 heavy (non-hydrogen) atoms. The van der Waals surface area contributed by atoms with Crippen LogP contribution in [0.4, 0.5) is 0 Å². The van der Waals surface area contributed by atoms with E-state index in [1.165, 1.54) is 4.90 Å². The molecule has 0 saturated carbocycles. The van der Waals surface area contributed by atoms with E-state index in [9.17, 15) is 14.7 Å². The van der Waals surface area contributed by atoms with Gasteiger partial charge in [-0.15, -0.1) is 0 Å². The van der Waals surface area contributed by atoms with Gasteiger partial charge in [-0.1, -0.05) is 18.2 Å². The first-order valence-corrected chi connectivity index (χ1v) is 7.14. The summed E-state index contributed by atoms with van der Waals surface area (Å²) in [6, 6.07) is 7.27. The number of hydrogen-bond donors (Lipinski definition) is 1. The van der Waals surface area contributed by atoms with Gasteiger partial charge in [0.05, 0.1) is 19.1 Å². The first-order valence-electron chi connectivity index (χ1n) is 7.14. The minimum absolute atomic E-state index is 0.123. The van der Waals surface area contributed by atoms with Gasteiger partial charge in [0.2, 0.25) is 0 Å². The molecule has 0 radical (unpaired) electrons. The molecule has 0 aliphatic carbocycles. The van der Waals surface area contributed by atoms with Crippen molar-refractivity contribution in [1.82, 2.24) is 4.90 Å². The molecular weight excluding hydrogens is 270 g/mol. The molecule has 1 rings (SSSR count). The fourth-order valence-electron chi connectivity index (χ4n) is 2.04. The van der Waals surface area contributed by atoms with E-state index < -0.39 is 6.10 Å². The van der Waals surface area contributed by atoms with Crippen LogP contribution in [-0.4, -0.2) is 47.7 Å². The number of aliphatic hydroxyl groups excluding tert-OH is 1. The van der Waals surface area contributed by atoms with E-state index in [2.05, 4.69) is 0 Å². The van der Waals surface area contributed by atoms with Gasteiger partial charge in [-0.2, -0.15) is 0 Å². The molecule has 1 amide bonds. The number of rotatable bonds is 7. The fourth-order valence-corrected chi connectivity index (χ4v) is 2.04. The zero-order valence-corrected chi connectivity index (χ0v) is 12.8. The summed E-state index contributed by atoms with van der Waals surface area (Å²) in [5.41, 5.74) is 1.45. The Kier molecular flexibility index (Phi) is 6.88. The fraction of sp³-hybridized carbons (Fsp3) is 0.500. The Hall–Kier alpha value is -1.88. The van der Waals surface area contributed by atoms with Gasteiger partial charge in [0.1, 0.15) is 0 Å². The molecule has 0 spiro atoms. The van der Waals surface area contributed by atoms with Crippen LogP contribution in [0.1, 0.15) is 36.2 Å². The highest BCUT2D eigenvalue weighted by Crippen LogP contribution is 2.11. The number of benzene rings is 1. The predicted octanol–water partition coefficient (Wildman–Crippen LogP) is 1.77. The van der Waals surface area contributed by atoms with Gasteiger partial charge in [0, 0.05) is 18.7 Å². The number of hydrogen-bond acceptors (Lipinski definition) is 4. The lowest BCUT2D eigenvalue weighted by molar-refractivity contribution is -0.143. The quantitative estimate of drug-likeness (QED) is 0.778. The monoisotopic (exact) mass is 293 g/mol. The molecule has 1 N–H and O–H groups in total. The Morgan fingerprint density at radius 3 is 2.57 bits per heavy atom. The van der Waals surface area contributed by atoms with E-state index in [0.717, 1.165) is 5.56 Å². The number of amides is 1. The highest BCUT2D eigenvalue weighted by atomic mass is 16.5. The molecule has 0 bridgehead atoms. The number of aryl methyl sites for hydroxylation is 1. The summed E-state index contributed by atoms with van der Waals surface area (Å²) in [4.78, 5) is 25.5. The molecule has 0 fully saturated rings. The van der Waals surface area contributed by atoms with Crippen LogP contribution in [-0.2, 0) is 9.53 Å². The van der Waals surface area contributed by atoms with Crippen molar-refractivity contribution in [3.05, 3.63) is 35.4 Å². The molecule has 1 aromatic carbocycles. The summed E-state index contributed by atoms with van der Waals surface area (Å²) < 4.78 is 4.87. The van der Waals surface area contributed by atoms with E-state index in [1.54, 1.807) is 26.0 Å². The normalized spacial score (nSPS) is 11.8. The average molecular weight is 293 g/mol. The third kappa shape index (κ3) is 5.55. The highest BCUT2D eigenvalue weighted by Gasteiger charge is 2.20. The second kappa shape index (κ2) is 8.42. The van der Waals surface area contributed by atoms with Gasteiger partial charge in [0.25, 0.3) is 5.91 Å². The van der Waals surface area contributed by atoms with Gasteiger partial charge in [-0.3, -0.25) is 9.59 Å². The molecule has 116 valence electrons. The van der Waals surface area contributed by atoms with Crippen molar-refractivity contribution in [2.24, 2.45) is 0 Å². The van der Waals surface area contributed by atoms with E-state index in [0.29, 0.717) is 12.2 Å². The molecule has 1 unspecified atom stereocenters. The van der Waals surface area contributed by atoms with E-state index in [4.69, 9.17) is 4.74 Å². The second-order valence-electron chi connectivity index (χ2n) is 4.97. The number of carbonyl (C=O) groups excluding carboxylic acids is 2.